The second-order valence-corrected chi connectivity index (χ2v) is 5.80. The quantitative estimate of drug-likeness (QED) is 0.580. The van der Waals surface area contributed by atoms with Crippen LogP contribution in [0.4, 0.5) is 0 Å². The summed E-state index contributed by atoms with van der Waals surface area (Å²) >= 11 is 0. The monoisotopic (exact) mass is 268 g/mol. The number of carboxylic acid groups (broad SMARTS) is 1. The maximum atomic E-state index is 10.9. The average Bonchev–Trinajstić information content (AvgIpc) is 2.23. The van der Waals surface area contributed by atoms with Crippen LogP contribution in [0, 0.1) is 5.41 Å². The van der Waals surface area contributed by atoms with Crippen molar-refractivity contribution in [3.05, 3.63) is 0 Å². The highest BCUT2D eigenvalue weighted by atomic mass is 31.2. The molecule has 102 valence electrons. The molecule has 0 amide bonds. The Morgan fingerprint density at radius 3 is 1.88 bits per heavy atom. The lowest BCUT2D eigenvalue weighted by atomic mass is 9.81. The van der Waals surface area contributed by atoms with Gasteiger partial charge in [-0.1, -0.05) is 20.8 Å². The van der Waals surface area contributed by atoms with Crippen LogP contribution in [0.5, 0.6) is 0 Å². The Bertz CT molecular complexity index is 285. The summed E-state index contributed by atoms with van der Waals surface area (Å²) in [7, 11) is -4.77. The van der Waals surface area contributed by atoms with E-state index in [1.807, 2.05) is 20.8 Å². The molecule has 0 saturated heterocycles. The zero-order valence-electron chi connectivity index (χ0n) is 10.4. The third-order valence-corrected chi connectivity index (χ3v) is 4.30. The molecular weight excluding hydrogens is 247 g/mol. The Kier molecular flexibility index (Phi) is 6.34. The predicted octanol–water partition coefficient (Wildman–Crippen LogP) is 1.81. The van der Waals surface area contributed by atoms with Crippen molar-refractivity contribution >= 4 is 13.6 Å². The molecule has 0 heterocycles. The Labute approximate surface area is 101 Å². The normalized spacial score (nSPS) is 14.6. The first-order valence-corrected chi connectivity index (χ1v) is 7.30. The van der Waals surface area contributed by atoms with Gasteiger partial charge in [-0.2, -0.15) is 0 Å². The molecule has 3 N–H and O–H groups in total. The predicted molar refractivity (Wildman–Crippen MR) is 62.7 cm³/mol. The van der Waals surface area contributed by atoms with Crippen LogP contribution >= 0.6 is 7.60 Å². The van der Waals surface area contributed by atoms with E-state index in [4.69, 9.17) is 19.6 Å². The molecule has 7 heteroatoms. The van der Waals surface area contributed by atoms with Gasteiger partial charge >= 0.3 is 13.6 Å². The van der Waals surface area contributed by atoms with Crippen LogP contribution in [0.1, 0.15) is 40.0 Å². The van der Waals surface area contributed by atoms with Gasteiger partial charge in [-0.25, -0.2) is 4.79 Å². The van der Waals surface area contributed by atoms with E-state index in [2.05, 4.69) is 0 Å². The molecule has 0 aromatic rings. The van der Waals surface area contributed by atoms with Gasteiger partial charge in [-0.05, 0) is 24.7 Å². The first kappa shape index (κ1) is 16.6. The first-order chi connectivity index (χ1) is 7.72. The minimum Gasteiger partial charge on any atom is -0.479 e. The highest BCUT2D eigenvalue weighted by Gasteiger charge is 2.39. The Hall–Kier alpha value is -0.420. The van der Waals surface area contributed by atoms with Crippen molar-refractivity contribution in [3.8, 4) is 0 Å². The highest BCUT2D eigenvalue weighted by Crippen LogP contribution is 2.43. The molecule has 0 aromatic heterocycles. The van der Waals surface area contributed by atoms with Crippen molar-refractivity contribution in [2.75, 3.05) is 6.61 Å². The van der Waals surface area contributed by atoms with Crippen molar-refractivity contribution < 1.29 is 29.0 Å². The lowest BCUT2D eigenvalue weighted by molar-refractivity contribution is -0.147. The van der Waals surface area contributed by atoms with Gasteiger partial charge in [-0.15, -0.1) is 0 Å². The number of hydrogen-bond acceptors (Lipinski definition) is 3. The smallest absolute Gasteiger partial charge is 0.365 e. The van der Waals surface area contributed by atoms with Gasteiger partial charge in [0.1, 0.15) is 0 Å². The van der Waals surface area contributed by atoms with Crippen molar-refractivity contribution in [2.45, 2.75) is 45.9 Å². The topological polar surface area (TPSA) is 104 Å². The van der Waals surface area contributed by atoms with Crippen LogP contribution < -0.4 is 0 Å². The summed E-state index contributed by atoms with van der Waals surface area (Å²) in [5, 5.41) is 8.71. The fourth-order valence-electron chi connectivity index (χ4n) is 1.62. The fourth-order valence-corrected chi connectivity index (χ4v) is 2.18. The molecule has 0 rings (SSSR count). The SMILES string of the molecule is CCC(CC)(CC)COC(C(=O)O)P(=O)(O)O. The molecular formula is C10H21O6P. The van der Waals surface area contributed by atoms with Crippen molar-refractivity contribution in [1.82, 2.24) is 0 Å². The molecule has 17 heavy (non-hydrogen) atoms. The number of carboxylic acids is 1. The lowest BCUT2D eigenvalue weighted by Crippen LogP contribution is -2.31. The van der Waals surface area contributed by atoms with Crippen LogP contribution in [0.25, 0.3) is 0 Å². The van der Waals surface area contributed by atoms with E-state index < -0.39 is 19.4 Å². The van der Waals surface area contributed by atoms with E-state index >= 15 is 0 Å². The number of hydrogen-bond donors (Lipinski definition) is 3. The minimum absolute atomic E-state index is 0.0403. The molecule has 0 bridgehead atoms. The maximum Gasteiger partial charge on any atom is 0.365 e. The molecule has 0 spiro atoms. The number of ether oxygens (including phenoxy) is 1. The molecule has 0 aliphatic rings. The standard InChI is InChI=1S/C10H21O6P/c1-4-10(5-2,6-3)7-16-9(8(11)12)17(13,14)15/h9H,4-7H2,1-3H3,(H,11,12)(H2,13,14,15). The molecule has 0 radical (unpaired) electrons. The van der Waals surface area contributed by atoms with E-state index in [1.54, 1.807) is 0 Å². The van der Waals surface area contributed by atoms with Gasteiger partial charge in [0, 0.05) is 0 Å². The van der Waals surface area contributed by atoms with Gasteiger partial charge in [0.25, 0.3) is 5.85 Å². The molecule has 0 aromatic carbocycles. The Morgan fingerprint density at radius 1 is 1.24 bits per heavy atom. The molecule has 1 unspecified atom stereocenters. The largest absolute Gasteiger partial charge is 0.479 e. The second-order valence-electron chi connectivity index (χ2n) is 4.15. The summed E-state index contributed by atoms with van der Waals surface area (Å²) in [5.74, 6) is -3.69. The third kappa shape index (κ3) is 4.76. The van der Waals surface area contributed by atoms with Crippen LogP contribution in [0.3, 0.4) is 0 Å². The molecule has 0 aliphatic heterocycles. The highest BCUT2D eigenvalue weighted by molar-refractivity contribution is 7.53. The first-order valence-electron chi connectivity index (χ1n) is 5.62. The van der Waals surface area contributed by atoms with Gasteiger partial charge < -0.3 is 19.6 Å². The summed E-state index contributed by atoms with van der Waals surface area (Å²) in [6, 6.07) is 0. The summed E-state index contributed by atoms with van der Waals surface area (Å²) < 4.78 is 15.9. The summed E-state index contributed by atoms with van der Waals surface area (Å²) in [5.41, 5.74) is -0.219. The Balaban J connectivity index is 4.71. The van der Waals surface area contributed by atoms with Crippen LogP contribution in [-0.2, 0) is 14.1 Å². The van der Waals surface area contributed by atoms with E-state index in [-0.39, 0.29) is 12.0 Å². The van der Waals surface area contributed by atoms with E-state index in [9.17, 15) is 9.36 Å². The minimum atomic E-state index is -4.77. The van der Waals surface area contributed by atoms with E-state index in [0.717, 1.165) is 19.3 Å². The van der Waals surface area contributed by atoms with Crippen LogP contribution in [0.15, 0.2) is 0 Å². The molecule has 1 atom stereocenters. The lowest BCUT2D eigenvalue weighted by Gasteiger charge is -2.31. The number of carbonyl (C=O) groups is 1. The van der Waals surface area contributed by atoms with E-state index in [0.29, 0.717) is 0 Å². The Morgan fingerprint density at radius 2 is 1.65 bits per heavy atom. The van der Waals surface area contributed by atoms with Gasteiger partial charge in [0.2, 0.25) is 0 Å². The summed E-state index contributed by atoms with van der Waals surface area (Å²) in [6.07, 6.45) is 2.31. The summed E-state index contributed by atoms with van der Waals surface area (Å²) in [6.45, 7) is 5.88. The zero-order valence-corrected chi connectivity index (χ0v) is 11.3. The number of aliphatic carboxylic acids is 1. The van der Waals surface area contributed by atoms with Crippen molar-refractivity contribution in [1.29, 1.82) is 0 Å². The average molecular weight is 268 g/mol. The van der Waals surface area contributed by atoms with Crippen LogP contribution in [-0.4, -0.2) is 33.3 Å². The van der Waals surface area contributed by atoms with E-state index in [1.165, 1.54) is 0 Å². The van der Waals surface area contributed by atoms with Gasteiger partial charge in [0.05, 0.1) is 6.61 Å². The zero-order chi connectivity index (χ0) is 13.7. The fraction of sp³-hybridized carbons (Fsp3) is 0.900. The molecule has 6 nitrogen and oxygen atoms in total. The van der Waals surface area contributed by atoms with Crippen LogP contribution in [0.2, 0.25) is 0 Å². The van der Waals surface area contributed by atoms with Crippen molar-refractivity contribution in [2.24, 2.45) is 5.41 Å². The second kappa shape index (κ2) is 6.50. The third-order valence-electron chi connectivity index (χ3n) is 3.31. The maximum absolute atomic E-state index is 10.9. The molecule has 0 saturated carbocycles. The van der Waals surface area contributed by atoms with Gasteiger partial charge in [-0.3, -0.25) is 4.57 Å². The molecule has 0 fully saturated rings. The van der Waals surface area contributed by atoms with Gasteiger partial charge in [0.15, 0.2) is 0 Å². The molecule has 0 aliphatic carbocycles. The summed E-state index contributed by atoms with van der Waals surface area (Å²) in [4.78, 5) is 28.4. The van der Waals surface area contributed by atoms with Crippen molar-refractivity contribution in [3.63, 3.8) is 0 Å². The number of rotatable bonds is 8.